The van der Waals surface area contributed by atoms with Crippen molar-refractivity contribution >= 4 is 28.1 Å². The molecule has 0 heterocycles. The number of nitrogens with one attached hydrogen (secondary N) is 1. The highest BCUT2D eigenvalue weighted by molar-refractivity contribution is 9.10. The molecule has 0 saturated carbocycles. The van der Waals surface area contributed by atoms with Crippen LogP contribution < -0.4 is 10.2 Å². The molecule has 0 radical (unpaired) electrons. The zero-order valence-corrected chi connectivity index (χ0v) is 13.5. The van der Waals surface area contributed by atoms with Gasteiger partial charge >= 0.3 is 0 Å². The van der Waals surface area contributed by atoms with Crippen molar-refractivity contribution in [1.82, 2.24) is 5.43 Å². The fourth-order valence-corrected chi connectivity index (χ4v) is 2.13. The lowest BCUT2D eigenvalue weighted by molar-refractivity contribution is 0.0952. The average molecular weight is 363 g/mol. The summed E-state index contributed by atoms with van der Waals surface area (Å²) in [6.07, 6.45) is 1.51. The second-order valence-electron chi connectivity index (χ2n) is 4.37. The molecule has 0 aliphatic heterocycles. The number of phenols is 1. The molecule has 1 amide bonds. The largest absolute Gasteiger partial charge is 0.507 e. The predicted molar refractivity (Wildman–Crippen MR) is 88.5 cm³/mol. The van der Waals surface area contributed by atoms with Gasteiger partial charge in [-0.15, -0.1) is 0 Å². The first-order chi connectivity index (χ1) is 10.6. The van der Waals surface area contributed by atoms with E-state index in [0.717, 1.165) is 11.3 Å². The van der Waals surface area contributed by atoms with Crippen molar-refractivity contribution in [3.8, 4) is 11.5 Å². The Bertz CT molecular complexity index is 702. The molecule has 0 spiro atoms. The Morgan fingerprint density at radius 1 is 1.36 bits per heavy atom. The summed E-state index contributed by atoms with van der Waals surface area (Å²) in [5.41, 5.74) is 3.32. The molecule has 0 aromatic heterocycles. The topological polar surface area (TPSA) is 70.9 Å². The zero-order chi connectivity index (χ0) is 15.9. The van der Waals surface area contributed by atoms with E-state index in [9.17, 15) is 9.90 Å². The standard InChI is InChI=1S/C16H15BrN2O3/c1-2-22-13-5-3-4-11(8-13)10-18-19-16(21)14-9-12(17)6-7-15(14)20/h3-10,20H,2H2,1H3,(H,19,21)/b18-10-. The molecule has 0 unspecified atom stereocenters. The number of aromatic hydroxyl groups is 1. The number of halogens is 1. The van der Waals surface area contributed by atoms with E-state index in [0.29, 0.717) is 11.1 Å². The summed E-state index contributed by atoms with van der Waals surface area (Å²) in [6, 6.07) is 12.0. The average Bonchev–Trinajstić information content (AvgIpc) is 2.50. The molecule has 2 aromatic rings. The smallest absolute Gasteiger partial charge is 0.275 e. The molecule has 0 saturated heterocycles. The summed E-state index contributed by atoms with van der Waals surface area (Å²) in [5.74, 6) is 0.146. The van der Waals surface area contributed by atoms with Crippen LogP contribution >= 0.6 is 15.9 Å². The van der Waals surface area contributed by atoms with Crippen LogP contribution in [0.4, 0.5) is 0 Å². The number of benzene rings is 2. The number of rotatable bonds is 5. The summed E-state index contributed by atoms with van der Waals surface area (Å²) < 4.78 is 6.08. The summed E-state index contributed by atoms with van der Waals surface area (Å²) in [5, 5.41) is 13.6. The highest BCUT2D eigenvalue weighted by Gasteiger charge is 2.10. The second kappa shape index (κ2) is 7.61. The maximum Gasteiger partial charge on any atom is 0.275 e. The summed E-state index contributed by atoms with van der Waals surface area (Å²) in [4.78, 5) is 11.9. The van der Waals surface area contributed by atoms with E-state index in [4.69, 9.17) is 4.74 Å². The first-order valence-corrected chi connectivity index (χ1v) is 7.44. The first kappa shape index (κ1) is 16.0. The molecule has 5 nitrogen and oxygen atoms in total. The second-order valence-corrected chi connectivity index (χ2v) is 5.28. The van der Waals surface area contributed by atoms with Crippen LogP contribution in [0, 0.1) is 0 Å². The number of phenolic OH excluding ortho intramolecular Hbond substituents is 1. The maximum atomic E-state index is 11.9. The van der Waals surface area contributed by atoms with Crippen molar-refractivity contribution in [3.05, 3.63) is 58.1 Å². The molecule has 0 aliphatic rings. The van der Waals surface area contributed by atoms with Gasteiger partial charge in [0, 0.05) is 4.47 Å². The van der Waals surface area contributed by atoms with Gasteiger partial charge in [0.2, 0.25) is 0 Å². The van der Waals surface area contributed by atoms with Gasteiger partial charge in [-0.05, 0) is 42.8 Å². The molecule has 2 aromatic carbocycles. The van der Waals surface area contributed by atoms with Crippen LogP contribution in [0.1, 0.15) is 22.8 Å². The van der Waals surface area contributed by atoms with Gasteiger partial charge in [-0.1, -0.05) is 28.1 Å². The van der Waals surface area contributed by atoms with Crippen molar-refractivity contribution in [2.24, 2.45) is 5.10 Å². The SMILES string of the molecule is CCOc1cccc(/C=N\NC(=O)c2cc(Br)ccc2O)c1. The molecule has 22 heavy (non-hydrogen) atoms. The Balaban J connectivity index is 2.04. The molecule has 0 fully saturated rings. The van der Waals surface area contributed by atoms with Crippen molar-refractivity contribution in [2.45, 2.75) is 6.92 Å². The number of hydrazone groups is 1. The lowest BCUT2D eigenvalue weighted by atomic mass is 10.2. The number of carbonyl (C=O) groups excluding carboxylic acids is 1. The minimum atomic E-state index is -0.490. The van der Waals surface area contributed by atoms with E-state index in [1.165, 1.54) is 18.3 Å². The number of nitrogens with zero attached hydrogens (tertiary/aromatic N) is 1. The van der Waals surface area contributed by atoms with Crippen molar-refractivity contribution in [1.29, 1.82) is 0 Å². The fourth-order valence-electron chi connectivity index (χ4n) is 1.77. The van der Waals surface area contributed by atoms with E-state index < -0.39 is 5.91 Å². The van der Waals surface area contributed by atoms with Gasteiger partial charge < -0.3 is 9.84 Å². The van der Waals surface area contributed by atoms with Gasteiger partial charge in [-0.2, -0.15) is 5.10 Å². The van der Waals surface area contributed by atoms with E-state index >= 15 is 0 Å². The Morgan fingerprint density at radius 3 is 2.95 bits per heavy atom. The van der Waals surface area contributed by atoms with Crippen LogP contribution in [0.15, 0.2) is 52.0 Å². The van der Waals surface area contributed by atoms with Crippen LogP contribution in [0.3, 0.4) is 0 Å². The number of amides is 1. The lowest BCUT2D eigenvalue weighted by Gasteiger charge is -2.04. The van der Waals surface area contributed by atoms with Gasteiger partial charge in [0.15, 0.2) is 0 Å². The monoisotopic (exact) mass is 362 g/mol. The number of carbonyl (C=O) groups is 1. The van der Waals surface area contributed by atoms with E-state index in [1.807, 2.05) is 31.2 Å². The molecule has 2 N–H and O–H groups in total. The van der Waals surface area contributed by atoms with Gasteiger partial charge in [-0.3, -0.25) is 4.79 Å². The zero-order valence-electron chi connectivity index (χ0n) is 11.9. The third-order valence-corrected chi connectivity index (χ3v) is 3.25. The van der Waals surface area contributed by atoms with Crippen LogP contribution in [-0.4, -0.2) is 23.8 Å². The normalized spacial score (nSPS) is 10.6. The third kappa shape index (κ3) is 4.33. The number of hydrogen-bond acceptors (Lipinski definition) is 4. The first-order valence-electron chi connectivity index (χ1n) is 6.65. The summed E-state index contributed by atoms with van der Waals surface area (Å²) in [7, 11) is 0. The Labute approximate surface area is 136 Å². The van der Waals surface area contributed by atoms with Crippen molar-refractivity contribution in [2.75, 3.05) is 6.61 Å². The lowest BCUT2D eigenvalue weighted by Crippen LogP contribution is -2.17. The molecule has 114 valence electrons. The Morgan fingerprint density at radius 2 is 2.18 bits per heavy atom. The molecule has 2 rings (SSSR count). The Hall–Kier alpha value is -2.34. The molecule has 0 bridgehead atoms. The third-order valence-electron chi connectivity index (χ3n) is 2.75. The maximum absolute atomic E-state index is 11.9. The Kier molecular flexibility index (Phi) is 5.55. The van der Waals surface area contributed by atoms with Gasteiger partial charge in [0.25, 0.3) is 5.91 Å². The number of hydrogen-bond donors (Lipinski definition) is 2. The fraction of sp³-hybridized carbons (Fsp3) is 0.125. The van der Waals surface area contributed by atoms with Crippen LogP contribution in [0.25, 0.3) is 0 Å². The minimum absolute atomic E-state index is 0.103. The highest BCUT2D eigenvalue weighted by Crippen LogP contribution is 2.21. The summed E-state index contributed by atoms with van der Waals surface area (Å²) in [6.45, 7) is 2.49. The van der Waals surface area contributed by atoms with Gasteiger partial charge in [0.05, 0.1) is 18.4 Å². The molecule has 0 aliphatic carbocycles. The quantitative estimate of drug-likeness (QED) is 0.633. The van der Waals surface area contributed by atoms with Gasteiger partial charge in [-0.25, -0.2) is 5.43 Å². The minimum Gasteiger partial charge on any atom is -0.507 e. The summed E-state index contributed by atoms with van der Waals surface area (Å²) >= 11 is 3.25. The van der Waals surface area contributed by atoms with E-state index in [1.54, 1.807) is 6.07 Å². The highest BCUT2D eigenvalue weighted by atomic mass is 79.9. The van der Waals surface area contributed by atoms with Crippen molar-refractivity contribution < 1.29 is 14.6 Å². The van der Waals surface area contributed by atoms with E-state index in [-0.39, 0.29) is 11.3 Å². The van der Waals surface area contributed by atoms with Crippen LogP contribution in [0.5, 0.6) is 11.5 Å². The van der Waals surface area contributed by atoms with Crippen LogP contribution in [0.2, 0.25) is 0 Å². The molecular weight excluding hydrogens is 348 g/mol. The number of ether oxygens (including phenoxy) is 1. The molecule has 6 heteroatoms. The van der Waals surface area contributed by atoms with Crippen LogP contribution in [-0.2, 0) is 0 Å². The molecule has 0 atom stereocenters. The van der Waals surface area contributed by atoms with Gasteiger partial charge in [0.1, 0.15) is 11.5 Å². The van der Waals surface area contributed by atoms with E-state index in [2.05, 4.69) is 26.5 Å². The van der Waals surface area contributed by atoms with Crippen molar-refractivity contribution in [3.63, 3.8) is 0 Å². The predicted octanol–water partition coefficient (Wildman–Crippen LogP) is 3.32. The molecular formula is C16H15BrN2O3.